The van der Waals surface area contributed by atoms with Crippen LogP contribution < -0.4 is 5.32 Å². The lowest BCUT2D eigenvalue weighted by molar-refractivity contribution is -0.384. The van der Waals surface area contributed by atoms with Gasteiger partial charge in [-0.3, -0.25) is 19.5 Å². The number of halogens is 2. The lowest BCUT2D eigenvalue weighted by atomic mass is 10.2. The Morgan fingerprint density at radius 3 is 2.51 bits per heavy atom. The minimum Gasteiger partial charge on any atom is -0.345 e. The Bertz CT molecular complexity index is 1390. The van der Waals surface area contributed by atoms with Crippen molar-refractivity contribution in [2.75, 3.05) is 0 Å². The Morgan fingerprint density at radius 1 is 1.06 bits per heavy atom. The molecule has 0 aliphatic carbocycles. The van der Waals surface area contributed by atoms with Crippen LogP contribution >= 0.6 is 35.0 Å². The number of thioether (sulfide) groups is 1. The van der Waals surface area contributed by atoms with E-state index in [9.17, 15) is 14.9 Å². The average molecular weight is 528 g/mol. The summed E-state index contributed by atoms with van der Waals surface area (Å²) in [6.45, 7) is 2.11. The molecule has 1 N–H and O–H groups in total. The normalized spacial score (nSPS) is 10.8. The van der Waals surface area contributed by atoms with Crippen LogP contribution in [0.1, 0.15) is 27.3 Å². The van der Waals surface area contributed by atoms with Gasteiger partial charge in [0.2, 0.25) is 0 Å². The number of carbonyl (C=O) groups is 1. The first-order valence-electron chi connectivity index (χ1n) is 10.4. The van der Waals surface area contributed by atoms with Gasteiger partial charge in [-0.1, -0.05) is 64.8 Å². The largest absolute Gasteiger partial charge is 0.345 e. The van der Waals surface area contributed by atoms with Crippen molar-refractivity contribution >= 4 is 46.6 Å². The topological polar surface area (TPSA) is 103 Å². The number of nitro benzene ring substituents is 1. The molecule has 4 aromatic rings. The van der Waals surface area contributed by atoms with E-state index < -0.39 is 4.92 Å². The number of aryl methyl sites for hydroxylation is 1. The lowest BCUT2D eigenvalue weighted by Gasteiger charge is -2.11. The number of carbonyl (C=O) groups excluding carboxylic acids is 1. The highest BCUT2D eigenvalue weighted by Gasteiger charge is 2.17. The lowest BCUT2D eigenvalue weighted by Crippen LogP contribution is -2.24. The van der Waals surface area contributed by atoms with Crippen LogP contribution in [0.2, 0.25) is 10.0 Å². The minimum atomic E-state index is -0.457. The number of benzene rings is 3. The Labute approximate surface area is 215 Å². The van der Waals surface area contributed by atoms with Gasteiger partial charge in [0.25, 0.3) is 11.6 Å². The van der Waals surface area contributed by atoms with Gasteiger partial charge >= 0.3 is 0 Å². The molecule has 8 nitrogen and oxygen atoms in total. The van der Waals surface area contributed by atoms with Gasteiger partial charge in [0.05, 0.1) is 21.5 Å². The van der Waals surface area contributed by atoms with Crippen LogP contribution in [0.4, 0.5) is 5.69 Å². The van der Waals surface area contributed by atoms with Gasteiger partial charge in [0, 0.05) is 29.1 Å². The minimum absolute atomic E-state index is 0.0229. The van der Waals surface area contributed by atoms with Crippen molar-refractivity contribution in [3.05, 3.63) is 109 Å². The van der Waals surface area contributed by atoms with Crippen LogP contribution in [0.3, 0.4) is 0 Å². The van der Waals surface area contributed by atoms with E-state index in [-0.39, 0.29) is 23.2 Å². The molecule has 11 heteroatoms. The molecule has 0 spiro atoms. The maximum absolute atomic E-state index is 12.6. The van der Waals surface area contributed by atoms with Crippen molar-refractivity contribution in [3.8, 4) is 5.69 Å². The molecule has 0 atom stereocenters. The Morgan fingerprint density at radius 2 is 1.83 bits per heavy atom. The number of nitro groups is 1. The van der Waals surface area contributed by atoms with Crippen molar-refractivity contribution in [3.63, 3.8) is 0 Å². The third kappa shape index (κ3) is 6.00. The van der Waals surface area contributed by atoms with Crippen LogP contribution in [0, 0.1) is 17.0 Å². The third-order valence-corrected chi connectivity index (χ3v) is 6.80. The molecule has 1 amide bonds. The van der Waals surface area contributed by atoms with E-state index in [2.05, 4.69) is 21.6 Å². The molecule has 178 valence electrons. The first kappa shape index (κ1) is 24.7. The highest BCUT2D eigenvalue weighted by molar-refractivity contribution is 7.98. The number of hydrogen-bond acceptors (Lipinski definition) is 6. The van der Waals surface area contributed by atoms with E-state index in [1.54, 1.807) is 28.8 Å². The summed E-state index contributed by atoms with van der Waals surface area (Å²) in [5.41, 5.74) is 3.26. The van der Waals surface area contributed by atoms with Crippen LogP contribution in [0.25, 0.3) is 5.69 Å². The van der Waals surface area contributed by atoms with Gasteiger partial charge in [0.1, 0.15) is 0 Å². The van der Waals surface area contributed by atoms with Crippen molar-refractivity contribution in [1.29, 1.82) is 0 Å². The van der Waals surface area contributed by atoms with Gasteiger partial charge < -0.3 is 5.32 Å². The molecule has 1 heterocycles. The predicted molar refractivity (Wildman–Crippen MR) is 136 cm³/mol. The maximum Gasteiger partial charge on any atom is 0.269 e. The van der Waals surface area contributed by atoms with Crippen molar-refractivity contribution in [1.82, 2.24) is 20.1 Å². The molecule has 3 aromatic carbocycles. The van der Waals surface area contributed by atoms with Crippen molar-refractivity contribution in [2.24, 2.45) is 0 Å². The van der Waals surface area contributed by atoms with E-state index in [4.69, 9.17) is 23.2 Å². The summed E-state index contributed by atoms with van der Waals surface area (Å²) >= 11 is 13.4. The Kier molecular flexibility index (Phi) is 7.70. The van der Waals surface area contributed by atoms with Gasteiger partial charge in [-0.2, -0.15) is 0 Å². The molecular formula is C24H19Cl2N5O3S. The molecule has 0 unspecified atom stereocenters. The van der Waals surface area contributed by atoms with E-state index >= 15 is 0 Å². The molecule has 1 aromatic heterocycles. The monoisotopic (exact) mass is 527 g/mol. The standard InChI is InChI=1S/C24H19Cl2N5O3S/c1-15-3-2-4-16(11-15)14-35-24-29-28-22(30(24)18-6-8-19(9-7-18)31(33)34)13-27-23(32)17-5-10-20(25)21(26)12-17/h2-12H,13-14H2,1H3,(H,27,32). The molecular weight excluding hydrogens is 509 g/mol. The molecule has 0 saturated heterocycles. The first-order valence-corrected chi connectivity index (χ1v) is 12.2. The fourth-order valence-electron chi connectivity index (χ4n) is 3.34. The van der Waals surface area contributed by atoms with E-state index in [0.29, 0.717) is 33.0 Å². The highest BCUT2D eigenvalue weighted by Crippen LogP contribution is 2.27. The predicted octanol–water partition coefficient (Wildman–Crippen LogP) is 6.01. The third-order valence-electron chi connectivity index (χ3n) is 5.06. The summed E-state index contributed by atoms with van der Waals surface area (Å²) < 4.78 is 1.78. The van der Waals surface area contributed by atoms with Gasteiger partial charge in [0.15, 0.2) is 11.0 Å². The number of non-ortho nitro benzene ring substituents is 1. The van der Waals surface area contributed by atoms with E-state index in [1.165, 1.54) is 30.0 Å². The molecule has 0 aliphatic heterocycles. The van der Waals surface area contributed by atoms with Crippen molar-refractivity contribution in [2.45, 2.75) is 24.4 Å². The number of nitrogens with one attached hydrogen (secondary N) is 1. The summed E-state index contributed by atoms with van der Waals surface area (Å²) in [5, 5.41) is 23.7. The second-order valence-electron chi connectivity index (χ2n) is 7.60. The zero-order valence-electron chi connectivity index (χ0n) is 18.4. The second kappa shape index (κ2) is 10.9. The Balaban J connectivity index is 1.59. The molecule has 35 heavy (non-hydrogen) atoms. The number of aromatic nitrogens is 3. The summed E-state index contributed by atoms with van der Waals surface area (Å²) in [4.78, 5) is 23.3. The molecule has 0 fully saturated rings. The number of hydrogen-bond donors (Lipinski definition) is 1. The molecule has 0 saturated carbocycles. The summed E-state index contributed by atoms with van der Waals surface area (Å²) in [5.74, 6) is 0.775. The number of rotatable bonds is 8. The zero-order chi connectivity index (χ0) is 24.9. The SMILES string of the molecule is Cc1cccc(CSc2nnc(CNC(=O)c3ccc(Cl)c(Cl)c3)n2-c2ccc([N+](=O)[O-])cc2)c1. The smallest absolute Gasteiger partial charge is 0.269 e. The fraction of sp³-hybridized carbons (Fsp3) is 0.125. The molecule has 0 radical (unpaired) electrons. The fourth-order valence-corrected chi connectivity index (χ4v) is 4.55. The highest BCUT2D eigenvalue weighted by atomic mass is 35.5. The number of amides is 1. The maximum atomic E-state index is 12.6. The van der Waals surface area contributed by atoms with Gasteiger partial charge in [-0.05, 0) is 42.8 Å². The van der Waals surface area contributed by atoms with Crippen LogP contribution in [0.5, 0.6) is 0 Å². The number of nitrogens with zero attached hydrogens (tertiary/aromatic N) is 4. The van der Waals surface area contributed by atoms with E-state index in [1.807, 2.05) is 25.1 Å². The average Bonchev–Trinajstić information content (AvgIpc) is 3.25. The molecule has 4 rings (SSSR count). The van der Waals surface area contributed by atoms with Crippen LogP contribution in [-0.4, -0.2) is 25.6 Å². The van der Waals surface area contributed by atoms with Gasteiger partial charge in [-0.25, -0.2) is 0 Å². The van der Waals surface area contributed by atoms with Crippen molar-refractivity contribution < 1.29 is 9.72 Å². The summed E-state index contributed by atoms with van der Waals surface area (Å²) in [7, 11) is 0. The van der Waals surface area contributed by atoms with Crippen LogP contribution in [-0.2, 0) is 12.3 Å². The quantitative estimate of drug-likeness (QED) is 0.171. The summed E-state index contributed by atoms with van der Waals surface area (Å²) in [6.07, 6.45) is 0. The van der Waals surface area contributed by atoms with E-state index in [0.717, 1.165) is 11.1 Å². The summed E-state index contributed by atoms with van der Waals surface area (Å²) in [6, 6.07) is 18.9. The zero-order valence-corrected chi connectivity index (χ0v) is 20.8. The molecule has 0 aliphatic rings. The van der Waals surface area contributed by atoms with Gasteiger partial charge in [-0.15, -0.1) is 10.2 Å². The first-order chi connectivity index (χ1) is 16.8. The second-order valence-corrected chi connectivity index (χ2v) is 9.35. The molecule has 0 bridgehead atoms. The van der Waals surface area contributed by atoms with Crippen LogP contribution in [0.15, 0.2) is 71.9 Å². The Hall–Kier alpha value is -3.40.